The zero-order valence-electron chi connectivity index (χ0n) is 17.8. The molecule has 168 valence electrons. The number of amides is 1. The summed E-state index contributed by atoms with van der Waals surface area (Å²) in [7, 11) is 1.64. The van der Waals surface area contributed by atoms with Gasteiger partial charge >= 0.3 is 6.09 Å². The van der Waals surface area contributed by atoms with Gasteiger partial charge in [-0.05, 0) is 50.3 Å². The Bertz CT molecular complexity index is 877. The van der Waals surface area contributed by atoms with Crippen molar-refractivity contribution in [3.63, 3.8) is 0 Å². The molecule has 0 spiro atoms. The Hall–Kier alpha value is -2.64. The SMILES string of the molecule is COCCCC[C@@](O)(c1ccccc1Oc1cccc(F)c1)C1CCCN(C(=O)O)C1. The van der Waals surface area contributed by atoms with Crippen LogP contribution >= 0.6 is 0 Å². The Morgan fingerprint density at radius 2 is 2.03 bits per heavy atom. The van der Waals surface area contributed by atoms with Crippen molar-refractivity contribution < 1.29 is 28.9 Å². The minimum Gasteiger partial charge on any atom is -0.465 e. The van der Waals surface area contributed by atoms with Crippen LogP contribution in [0.4, 0.5) is 9.18 Å². The number of rotatable bonds is 9. The second-order valence-corrected chi connectivity index (χ2v) is 8.00. The lowest BCUT2D eigenvalue weighted by molar-refractivity contribution is -0.0596. The van der Waals surface area contributed by atoms with Crippen LogP contribution in [-0.4, -0.2) is 48.0 Å². The van der Waals surface area contributed by atoms with E-state index >= 15 is 0 Å². The number of carboxylic acid groups (broad SMARTS) is 1. The Kier molecular flexibility index (Phi) is 7.87. The van der Waals surface area contributed by atoms with E-state index in [2.05, 4.69) is 0 Å². The molecule has 0 aromatic heterocycles. The summed E-state index contributed by atoms with van der Waals surface area (Å²) in [5.74, 6) is 0.0890. The molecule has 1 aliphatic rings. The Labute approximate surface area is 182 Å². The molecule has 2 aromatic rings. The molecule has 1 amide bonds. The van der Waals surface area contributed by atoms with Crippen molar-refractivity contribution in [1.82, 2.24) is 4.90 Å². The molecular weight excluding hydrogens is 401 g/mol. The van der Waals surface area contributed by atoms with Gasteiger partial charge in [-0.2, -0.15) is 0 Å². The molecule has 31 heavy (non-hydrogen) atoms. The van der Waals surface area contributed by atoms with Gasteiger partial charge in [-0.3, -0.25) is 0 Å². The number of hydrogen-bond donors (Lipinski definition) is 2. The molecule has 0 saturated carbocycles. The summed E-state index contributed by atoms with van der Waals surface area (Å²) in [4.78, 5) is 12.9. The van der Waals surface area contributed by atoms with Crippen LogP contribution in [0, 0.1) is 11.7 Å². The maximum atomic E-state index is 13.7. The number of hydrogen-bond acceptors (Lipinski definition) is 4. The first-order chi connectivity index (χ1) is 14.9. The Morgan fingerprint density at radius 1 is 1.23 bits per heavy atom. The quantitative estimate of drug-likeness (QED) is 0.546. The summed E-state index contributed by atoms with van der Waals surface area (Å²) >= 11 is 0. The van der Waals surface area contributed by atoms with Crippen molar-refractivity contribution in [2.45, 2.75) is 37.7 Å². The van der Waals surface area contributed by atoms with Gasteiger partial charge in [-0.15, -0.1) is 0 Å². The summed E-state index contributed by atoms with van der Waals surface area (Å²) in [6, 6.07) is 13.0. The fourth-order valence-corrected chi connectivity index (χ4v) is 4.31. The van der Waals surface area contributed by atoms with E-state index in [1.807, 2.05) is 12.1 Å². The van der Waals surface area contributed by atoms with Gasteiger partial charge in [0.25, 0.3) is 0 Å². The molecule has 2 atom stereocenters. The van der Waals surface area contributed by atoms with E-state index in [4.69, 9.17) is 9.47 Å². The summed E-state index contributed by atoms with van der Waals surface area (Å²) in [5, 5.41) is 21.5. The molecule has 0 radical (unpaired) electrons. The highest BCUT2D eigenvalue weighted by Gasteiger charge is 2.42. The number of ether oxygens (including phenoxy) is 2. The maximum Gasteiger partial charge on any atom is 0.407 e. The number of aliphatic hydroxyl groups is 1. The van der Waals surface area contributed by atoms with E-state index in [1.165, 1.54) is 17.0 Å². The van der Waals surface area contributed by atoms with Crippen molar-refractivity contribution in [1.29, 1.82) is 0 Å². The lowest BCUT2D eigenvalue weighted by atomic mass is 9.73. The Morgan fingerprint density at radius 3 is 2.77 bits per heavy atom. The lowest BCUT2D eigenvalue weighted by Gasteiger charge is -2.42. The molecule has 0 bridgehead atoms. The molecule has 1 fully saturated rings. The van der Waals surface area contributed by atoms with Gasteiger partial charge in [0.2, 0.25) is 0 Å². The predicted octanol–water partition coefficient (Wildman–Crippen LogP) is 5.01. The first-order valence-electron chi connectivity index (χ1n) is 10.7. The van der Waals surface area contributed by atoms with Gasteiger partial charge in [-0.25, -0.2) is 9.18 Å². The monoisotopic (exact) mass is 431 g/mol. The highest BCUT2D eigenvalue weighted by molar-refractivity contribution is 5.65. The van der Waals surface area contributed by atoms with E-state index in [9.17, 15) is 19.4 Å². The van der Waals surface area contributed by atoms with Crippen LogP contribution in [0.15, 0.2) is 48.5 Å². The fraction of sp³-hybridized carbons (Fsp3) is 0.458. The summed E-state index contributed by atoms with van der Waals surface area (Å²) in [6.07, 6.45) is 2.35. The number of halogens is 1. The molecule has 1 aliphatic heterocycles. The summed E-state index contributed by atoms with van der Waals surface area (Å²) < 4.78 is 24.8. The average Bonchev–Trinajstić information content (AvgIpc) is 2.77. The van der Waals surface area contributed by atoms with Crippen LogP contribution in [0.5, 0.6) is 11.5 Å². The van der Waals surface area contributed by atoms with Crippen molar-refractivity contribution >= 4 is 6.09 Å². The smallest absolute Gasteiger partial charge is 0.407 e. The van der Waals surface area contributed by atoms with Crippen LogP contribution in [0.3, 0.4) is 0 Å². The van der Waals surface area contributed by atoms with Gasteiger partial charge < -0.3 is 24.6 Å². The van der Waals surface area contributed by atoms with E-state index in [0.29, 0.717) is 55.9 Å². The number of likely N-dealkylation sites (tertiary alicyclic amines) is 1. The van der Waals surface area contributed by atoms with E-state index in [-0.39, 0.29) is 12.5 Å². The molecular formula is C24H30FNO5. The molecule has 3 rings (SSSR count). The van der Waals surface area contributed by atoms with Crippen LogP contribution < -0.4 is 4.74 Å². The van der Waals surface area contributed by atoms with Crippen molar-refractivity contribution in [2.75, 3.05) is 26.8 Å². The summed E-state index contributed by atoms with van der Waals surface area (Å²) in [6.45, 7) is 1.31. The summed E-state index contributed by atoms with van der Waals surface area (Å²) in [5.41, 5.74) is -0.694. The highest BCUT2D eigenvalue weighted by atomic mass is 19.1. The number of benzene rings is 2. The third-order valence-corrected chi connectivity index (χ3v) is 5.90. The molecule has 6 nitrogen and oxygen atoms in total. The van der Waals surface area contributed by atoms with E-state index < -0.39 is 17.5 Å². The topological polar surface area (TPSA) is 79.2 Å². The second-order valence-electron chi connectivity index (χ2n) is 8.00. The third kappa shape index (κ3) is 5.74. The van der Waals surface area contributed by atoms with Crippen LogP contribution in [0.25, 0.3) is 0 Å². The van der Waals surface area contributed by atoms with E-state index in [1.54, 1.807) is 31.4 Å². The molecule has 1 unspecified atom stereocenters. The number of unbranched alkanes of at least 4 members (excludes halogenated alkanes) is 1. The molecule has 1 heterocycles. The Balaban J connectivity index is 1.94. The zero-order valence-corrected chi connectivity index (χ0v) is 17.8. The minimum absolute atomic E-state index is 0.254. The maximum absolute atomic E-state index is 13.7. The molecule has 0 aliphatic carbocycles. The minimum atomic E-state index is -1.29. The number of methoxy groups -OCH3 is 1. The zero-order chi connectivity index (χ0) is 22.3. The van der Waals surface area contributed by atoms with Crippen LogP contribution in [-0.2, 0) is 10.3 Å². The normalized spacial score (nSPS) is 18.4. The fourth-order valence-electron chi connectivity index (χ4n) is 4.31. The largest absolute Gasteiger partial charge is 0.465 e. The van der Waals surface area contributed by atoms with Crippen LogP contribution in [0.1, 0.15) is 37.7 Å². The van der Waals surface area contributed by atoms with Crippen molar-refractivity contribution in [2.24, 2.45) is 5.92 Å². The van der Waals surface area contributed by atoms with Gasteiger partial charge in [0, 0.05) is 44.4 Å². The van der Waals surface area contributed by atoms with Crippen LogP contribution in [0.2, 0.25) is 0 Å². The number of nitrogens with zero attached hydrogens (tertiary/aromatic N) is 1. The van der Waals surface area contributed by atoms with Crippen molar-refractivity contribution in [3.8, 4) is 11.5 Å². The predicted molar refractivity (Wildman–Crippen MR) is 115 cm³/mol. The number of para-hydroxylation sites is 1. The van der Waals surface area contributed by atoms with Gasteiger partial charge in [0.05, 0.1) is 5.60 Å². The number of piperidine rings is 1. The highest BCUT2D eigenvalue weighted by Crippen LogP contribution is 2.44. The third-order valence-electron chi connectivity index (χ3n) is 5.90. The molecule has 1 saturated heterocycles. The van der Waals surface area contributed by atoms with Gasteiger partial charge in [-0.1, -0.05) is 24.3 Å². The lowest BCUT2D eigenvalue weighted by Crippen LogP contribution is -2.48. The molecule has 7 heteroatoms. The standard InChI is InChI=1S/C24H30FNO5/c1-30-15-5-4-13-24(29,18-8-7-14-26(17-18)23(27)28)21-11-2-3-12-22(21)31-20-10-6-9-19(25)16-20/h2-3,6,9-12,16,18,29H,4-5,7-8,13-15,17H2,1H3,(H,27,28)/t18?,24-/m0/s1. The first-order valence-corrected chi connectivity index (χ1v) is 10.7. The van der Waals surface area contributed by atoms with Gasteiger partial charge in [0.15, 0.2) is 0 Å². The van der Waals surface area contributed by atoms with Gasteiger partial charge in [0.1, 0.15) is 17.3 Å². The second kappa shape index (κ2) is 10.6. The average molecular weight is 432 g/mol. The van der Waals surface area contributed by atoms with E-state index in [0.717, 1.165) is 6.42 Å². The molecule has 2 aromatic carbocycles. The van der Waals surface area contributed by atoms with Crippen molar-refractivity contribution in [3.05, 3.63) is 59.9 Å². The molecule has 2 N–H and O–H groups in total. The number of carbonyl (C=O) groups is 1. The first kappa shape index (κ1) is 23.0.